The molecule has 0 aliphatic heterocycles. The van der Waals surface area contributed by atoms with Crippen LogP contribution in [0.5, 0.6) is 0 Å². The fourth-order valence-corrected chi connectivity index (χ4v) is 4.33. The van der Waals surface area contributed by atoms with Gasteiger partial charge in [-0.3, -0.25) is 0 Å². The molecule has 2 bridgehead atoms. The lowest BCUT2D eigenvalue weighted by molar-refractivity contribution is -0.131. The summed E-state index contributed by atoms with van der Waals surface area (Å²) in [4.78, 5) is 10.5. The Morgan fingerprint density at radius 2 is 1.91 bits per heavy atom. The number of carboxylic acids is 1. The van der Waals surface area contributed by atoms with Gasteiger partial charge in [0.25, 0.3) is 0 Å². The van der Waals surface area contributed by atoms with Crippen LogP contribution >= 0.6 is 0 Å². The molecule has 4 heteroatoms. The molecular formula is C19H34O4. The summed E-state index contributed by atoms with van der Waals surface area (Å²) >= 11 is 0. The summed E-state index contributed by atoms with van der Waals surface area (Å²) in [5.41, 5.74) is 0.685. The zero-order valence-electron chi connectivity index (χ0n) is 15.1. The predicted molar refractivity (Wildman–Crippen MR) is 91.9 cm³/mol. The Balaban J connectivity index is 0.000000284. The van der Waals surface area contributed by atoms with E-state index in [1.165, 1.54) is 25.3 Å². The molecule has 4 nitrogen and oxygen atoms in total. The van der Waals surface area contributed by atoms with Crippen LogP contribution in [0.2, 0.25) is 0 Å². The van der Waals surface area contributed by atoms with E-state index < -0.39 is 12.3 Å². The molecular weight excluding hydrogens is 292 g/mol. The van der Waals surface area contributed by atoms with Gasteiger partial charge in [-0.25, -0.2) is 4.79 Å². The Morgan fingerprint density at radius 3 is 2.30 bits per heavy atom. The second kappa shape index (κ2) is 8.29. The van der Waals surface area contributed by atoms with Crippen LogP contribution in [0.25, 0.3) is 0 Å². The van der Waals surface area contributed by atoms with Gasteiger partial charge in [-0.05, 0) is 54.8 Å². The van der Waals surface area contributed by atoms with Crippen LogP contribution in [0.4, 0.5) is 0 Å². The molecule has 2 rings (SSSR count). The highest BCUT2D eigenvalue weighted by Gasteiger charge is 2.60. The topological polar surface area (TPSA) is 77.8 Å². The van der Waals surface area contributed by atoms with Gasteiger partial charge in [0.2, 0.25) is 0 Å². The molecule has 23 heavy (non-hydrogen) atoms. The number of allylic oxidation sites excluding steroid dienone is 1. The molecule has 0 aromatic rings. The van der Waals surface area contributed by atoms with Crippen LogP contribution < -0.4 is 0 Å². The fourth-order valence-electron chi connectivity index (χ4n) is 4.33. The second-order valence-corrected chi connectivity index (χ2v) is 7.89. The van der Waals surface area contributed by atoms with Crippen molar-refractivity contribution in [3.8, 4) is 0 Å². The third-order valence-corrected chi connectivity index (χ3v) is 6.40. The van der Waals surface area contributed by atoms with Crippen LogP contribution in [0.3, 0.4) is 0 Å². The van der Waals surface area contributed by atoms with E-state index in [0.29, 0.717) is 23.2 Å². The highest BCUT2D eigenvalue weighted by atomic mass is 16.5. The molecule has 3 unspecified atom stereocenters. The number of hydrogen-bond acceptors (Lipinski definition) is 3. The summed E-state index contributed by atoms with van der Waals surface area (Å²) in [6.07, 6.45) is 9.57. The lowest BCUT2D eigenvalue weighted by Crippen LogP contribution is -2.31. The number of aliphatic carboxylic acids is 1. The second-order valence-electron chi connectivity index (χ2n) is 7.89. The SMILES string of the molecule is CC1(C)C2CCC1(C)C(C=CC(=O)O)C2.CCCCCC(O)O. The summed E-state index contributed by atoms with van der Waals surface area (Å²) in [6, 6.07) is 0. The molecule has 0 aromatic carbocycles. The Kier molecular flexibility index (Phi) is 7.28. The van der Waals surface area contributed by atoms with Crippen molar-refractivity contribution < 1.29 is 20.1 Å². The molecule has 0 saturated heterocycles. The predicted octanol–water partition coefficient (Wildman–Crippen LogP) is 3.97. The number of hydrogen-bond donors (Lipinski definition) is 3. The molecule has 2 fully saturated rings. The molecule has 0 aromatic heterocycles. The first kappa shape index (κ1) is 20.2. The Labute approximate surface area is 140 Å². The zero-order valence-corrected chi connectivity index (χ0v) is 15.1. The van der Waals surface area contributed by atoms with Crippen LogP contribution in [-0.2, 0) is 4.79 Å². The molecule has 2 aliphatic carbocycles. The summed E-state index contributed by atoms with van der Waals surface area (Å²) in [5, 5.41) is 25.3. The summed E-state index contributed by atoms with van der Waals surface area (Å²) < 4.78 is 0. The Morgan fingerprint density at radius 1 is 1.26 bits per heavy atom. The van der Waals surface area contributed by atoms with Gasteiger partial charge >= 0.3 is 5.97 Å². The first-order valence-electron chi connectivity index (χ1n) is 8.92. The van der Waals surface area contributed by atoms with Gasteiger partial charge in [0.05, 0.1) is 0 Å². The monoisotopic (exact) mass is 326 g/mol. The van der Waals surface area contributed by atoms with Gasteiger partial charge in [0, 0.05) is 6.08 Å². The van der Waals surface area contributed by atoms with Crippen LogP contribution in [0.15, 0.2) is 12.2 Å². The summed E-state index contributed by atoms with van der Waals surface area (Å²) in [7, 11) is 0. The molecule has 134 valence electrons. The summed E-state index contributed by atoms with van der Waals surface area (Å²) in [5.74, 6) is 0.424. The normalized spacial score (nSPS) is 31.4. The molecule has 0 heterocycles. The standard InChI is InChI=1S/C13H20O2.C6H14O2/c1-12(2)9-6-7-13(12,3)10(8-9)4-5-11(14)15;1-2-3-4-5-6(7)8/h4-5,9-10H,6-8H2,1-3H3,(H,14,15);6-8H,2-5H2,1H3. The zero-order chi connectivity index (χ0) is 17.7. The minimum atomic E-state index is -1.10. The molecule has 0 amide bonds. The quantitative estimate of drug-likeness (QED) is 0.392. The number of aliphatic hydroxyl groups is 2. The minimum Gasteiger partial charge on any atom is -0.478 e. The highest BCUT2D eigenvalue weighted by molar-refractivity contribution is 5.79. The van der Waals surface area contributed by atoms with Crippen molar-refractivity contribution in [2.75, 3.05) is 0 Å². The number of rotatable bonds is 6. The largest absolute Gasteiger partial charge is 0.478 e. The number of carboxylic acid groups (broad SMARTS) is 1. The van der Waals surface area contributed by atoms with E-state index in [4.69, 9.17) is 15.3 Å². The van der Waals surface area contributed by atoms with Crippen molar-refractivity contribution in [2.24, 2.45) is 22.7 Å². The summed E-state index contributed by atoms with van der Waals surface area (Å²) in [6.45, 7) is 9.11. The number of carbonyl (C=O) groups is 1. The molecule has 2 saturated carbocycles. The van der Waals surface area contributed by atoms with E-state index in [9.17, 15) is 4.79 Å². The molecule has 2 aliphatic rings. The first-order valence-corrected chi connectivity index (χ1v) is 8.92. The molecule has 0 spiro atoms. The smallest absolute Gasteiger partial charge is 0.327 e. The molecule has 0 radical (unpaired) electrons. The van der Waals surface area contributed by atoms with Crippen molar-refractivity contribution in [3.63, 3.8) is 0 Å². The molecule has 3 atom stereocenters. The first-order chi connectivity index (χ1) is 10.6. The van der Waals surface area contributed by atoms with Crippen LogP contribution in [-0.4, -0.2) is 27.6 Å². The third kappa shape index (κ3) is 4.80. The maximum atomic E-state index is 10.5. The van der Waals surface area contributed by atoms with Gasteiger partial charge in [-0.2, -0.15) is 0 Å². The average molecular weight is 326 g/mol. The van der Waals surface area contributed by atoms with Gasteiger partial charge in [-0.1, -0.05) is 46.6 Å². The lowest BCUT2D eigenvalue weighted by atomic mass is 9.67. The van der Waals surface area contributed by atoms with E-state index in [0.717, 1.165) is 25.2 Å². The van der Waals surface area contributed by atoms with Crippen molar-refractivity contribution >= 4 is 5.97 Å². The van der Waals surface area contributed by atoms with E-state index in [1.807, 2.05) is 6.08 Å². The average Bonchev–Trinajstić information content (AvgIpc) is 2.78. The van der Waals surface area contributed by atoms with Gasteiger partial charge in [0.1, 0.15) is 0 Å². The number of unbranched alkanes of at least 4 members (excludes halogenated alkanes) is 2. The van der Waals surface area contributed by atoms with Gasteiger partial charge < -0.3 is 15.3 Å². The van der Waals surface area contributed by atoms with Crippen molar-refractivity contribution in [1.29, 1.82) is 0 Å². The van der Waals surface area contributed by atoms with Crippen LogP contribution in [0, 0.1) is 22.7 Å². The van der Waals surface area contributed by atoms with Crippen LogP contribution in [0.1, 0.15) is 72.6 Å². The van der Waals surface area contributed by atoms with Gasteiger partial charge in [-0.15, -0.1) is 0 Å². The highest BCUT2D eigenvalue weighted by Crippen LogP contribution is 2.68. The maximum absolute atomic E-state index is 10.5. The van der Waals surface area contributed by atoms with Gasteiger partial charge in [0.15, 0.2) is 6.29 Å². The van der Waals surface area contributed by atoms with E-state index in [1.54, 1.807) is 0 Å². The van der Waals surface area contributed by atoms with E-state index >= 15 is 0 Å². The maximum Gasteiger partial charge on any atom is 0.327 e. The Bertz CT molecular complexity index is 414. The fraction of sp³-hybridized carbons (Fsp3) is 0.842. The van der Waals surface area contributed by atoms with E-state index in [-0.39, 0.29) is 0 Å². The lowest BCUT2D eigenvalue weighted by Gasteiger charge is -2.38. The number of fused-ring (bicyclic) bond motifs is 2. The van der Waals surface area contributed by atoms with Crippen molar-refractivity contribution in [1.82, 2.24) is 0 Å². The van der Waals surface area contributed by atoms with Crippen molar-refractivity contribution in [2.45, 2.75) is 78.9 Å². The Hall–Kier alpha value is -0.870. The third-order valence-electron chi connectivity index (χ3n) is 6.40. The van der Waals surface area contributed by atoms with Crippen molar-refractivity contribution in [3.05, 3.63) is 12.2 Å². The minimum absolute atomic E-state index is 0.309. The number of aliphatic hydroxyl groups excluding tert-OH is 1. The van der Waals surface area contributed by atoms with E-state index in [2.05, 4.69) is 27.7 Å². The molecule has 3 N–H and O–H groups in total.